The fourth-order valence-electron chi connectivity index (χ4n) is 2.83. The summed E-state index contributed by atoms with van der Waals surface area (Å²) < 4.78 is 0. The van der Waals surface area contributed by atoms with E-state index in [1.807, 2.05) is 7.05 Å². The SMILES string of the molecule is CCC1(CC)CCN(c2nc(CNC)cs2)CC1. The van der Waals surface area contributed by atoms with E-state index in [2.05, 4.69) is 29.4 Å². The van der Waals surface area contributed by atoms with Gasteiger partial charge in [0.05, 0.1) is 5.69 Å². The highest BCUT2D eigenvalue weighted by Crippen LogP contribution is 2.39. The van der Waals surface area contributed by atoms with Crippen molar-refractivity contribution in [1.82, 2.24) is 10.3 Å². The van der Waals surface area contributed by atoms with Gasteiger partial charge in [-0.25, -0.2) is 4.98 Å². The molecule has 18 heavy (non-hydrogen) atoms. The van der Waals surface area contributed by atoms with Gasteiger partial charge in [-0.05, 0) is 25.3 Å². The van der Waals surface area contributed by atoms with Crippen LogP contribution in [0.4, 0.5) is 5.13 Å². The maximum Gasteiger partial charge on any atom is 0.185 e. The third kappa shape index (κ3) is 2.86. The van der Waals surface area contributed by atoms with E-state index in [0.717, 1.165) is 6.54 Å². The van der Waals surface area contributed by atoms with Gasteiger partial charge >= 0.3 is 0 Å². The molecule has 0 aliphatic carbocycles. The number of thiazole rings is 1. The van der Waals surface area contributed by atoms with Gasteiger partial charge in [0.2, 0.25) is 0 Å². The van der Waals surface area contributed by atoms with E-state index in [0.29, 0.717) is 5.41 Å². The van der Waals surface area contributed by atoms with Gasteiger partial charge in [-0.15, -0.1) is 11.3 Å². The average molecular weight is 267 g/mol. The van der Waals surface area contributed by atoms with Gasteiger partial charge in [0.25, 0.3) is 0 Å². The Labute approximate surface area is 115 Å². The first-order chi connectivity index (χ1) is 8.73. The van der Waals surface area contributed by atoms with E-state index in [4.69, 9.17) is 4.98 Å². The summed E-state index contributed by atoms with van der Waals surface area (Å²) in [4.78, 5) is 7.17. The quantitative estimate of drug-likeness (QED) is 0.887. The van der Waals surface area contributed by atoms with E-state index in [1.165, 1.54) is 49.6 Å². The van der Waals surface area contributed by atoms with E-state index >= 15 is 0 Å². The first-order valence-electron chi connectivity index (χ1n) is 7.07. The minimum Gasteiger partial charge on any atom is -0.348 e. The average Bonchev–Trinajstić information content (AvgIpc) is 2.88. The van der Waals surface area contributed by atoms with Gasteiger partial charge in [-0.1, -0.05) is 26.7 Å². The van der Waals surface area contributed by atoms with Crippen LogP contribution in [0.15, 0.2) is 5.38 Å². The summed E-state index contributed by atoms with van der Waals surface area (Å²) in [6, 6.07) is 0. The van der Waals surface area contributed by atoms with E-state index in [9.17, 15) is 0 Å². The Balaban J connectivity index is 1.96. The standard InChI is InChI=1S/C14H25N3S/c1-4-14(5-2)6-8-17(9-7-14)13-16-12(10-15-3)11-18-13/h11,15H,4-10H2,1-3H3. The van der Waals surface area contributed by atoms with Gasteiger partial charge in [0.1, 0.15) is 0 Å². The molecule has 0 radical (unpaired) electrons. The van der Waals surface area contributed by atoms with Crippen LogP contribution in [0.5, 0.6) is 0 Å². The third-order valence-electron chi connectivity index (χ3n) is 4.49. The molecule has 102 valence electrons. The van der Waals surface area contributed by atoms with Crippen LogP contribution in [0.25, 0.3) is 0 Å². The number of nitrogens with zero attached hydrogens (tertiary/aromatic N) is 2. The van der Waals surface area contributed by atoms with Crippen LogP contribution in [0, 0.1) is 5.41 Å². The van der Waals surface area contributed by atoms with Crippen LogP contribution in [-0.4, -0.2) is 25.1 Å². The van der Waals surface area contributed by atoms with Crippen molar-refractivity contribution in [3.8, 4) is 0 Å². The molecule has 3 nitrogen and oxygen atoms in total. The third-order valence-corrected chi connectivity index (χ3v) is 5.44. The first-order valence-corrected chi connectivity index (χ1v) is 7.95. The highest BCUT2D eigenvalue weighted by atomic mass is 32.1. The van der Waals surface area contributed by atoms with E-state index in [-0.39, 0.29) is 0 Å². The lowest BCUT2D eigenvalue weighted by molar-refractivity contribution is 0.199. The predicted octanol–water partition coefficient (Wildman–Crippen LogP) is 3.27. The lowest BCUT2D eigenvalue weighted by atomic mass is 9.74. The Bertz CT molecular complexity index is 361. The highest BCUT2D eigenvalue weighted by Gasteiger charge is 2.31. The second-order valence-corrected chi connectivity index (χ2v) is 6.18. The molecule has 0 bridgehead atoms. The molecule has 1 aliphatic heterocycles. The van der Waals surface area contributed by atoms with Crippen molar-refractivity contribution in [1.29, 1.82) is 0 Å². The van der Waals surface area contributed by atoms with Crippen LogP contribution in [0.3, 0.4) is 0 Å². The normalized spacial score (nSPS) is 19.2. The zero-order chi connectivity index (χ0) is 13.0. The zero-order valence-electron chi connectivity index (χ0n) is 11.8. The molecular weight excluding hydrogens is 242 g/mol. The fraction of sp³-hybridized carbons (Fsp3) is 0.786. The predicted molar refractivity (Wildman–Crippen MR) is 79.3 cm³/mol. The van der Waals surface area contributed by atoms with Crippen LogP contribution < -0.4 is 10.2 Å². The molecule has 2 rings (SSSR count). The maximum atomic E-state index is 4.71. The monoisotopic (exact) mass is 267 g/mol. The molecule has 0 unspecified atom stereocenters. The Morgan fingerprint density at radius 1 is 1.33 bits per heavy atom. The first kappa shape index (κ1) is 13.8. The molecule has 0 saturated carbocycles. The second-order valence-electron chi connectivity index (χ2n) is 5.35. The zero-order valence-corrected chi connectivity index (χ0v) is 12.6. The van der Waals surface area contributed by atoms with Crippen molar-refractivity contribution in [3.05, 3.63) is 11.1 Å². The summed E-state index contributed by atoms with van der Waals surface area (Å²) in [5, 5.41) is 6.54. The number of rotatable bonds is 5. The van der Waals surface area contributed by atoms with Crippen LogP contribution >= 0.6 is 11.3 Å². The van der Waals surface area contributed by atoms with Crippen LogP contribution in [0.2, 0.25) is 0 Å². The number of hydrogen-bond donors (Lipinski definition) is 1. The van der Waals surface area contributed by atoms with Crippen LogP contribution in [-0.2, 0) is 6.54 Å². The van der Waals surface area contributed by atoms with Crippen molar-refractivity contribution in [3.63, 3.8) is 0 Å². The van der Waals surface area contributed by atoms with Crippen molar-refractivity contribution in [2.45, 2.75) is 46.1 Å². The number of piperidine rings is 1. The minimum atomic E-state index is 0.599. The molecular formula is C14H25N3S. The summed E-state index contributed by atoms with van der Waals surface area (Å²) >= 11 is 1.79. The van der Waals surface area contributed by atoms with Gasteiger partial charge in [0.15, 0.2) is 5.13 Å². The molecule has 2 heterocycles. The van der Waals surface area contributed by atoms with Gasteiger partial charge < -0.3 is 10.2 Å². The summed E-state index contributed by atoms with van der Waals surface area (Å²) in [6.45, 7) is 7.90. The maximum absolute atomic E-state index is 4.71. The van der Waals surface area contributed by atoms with E-state index < -0.39 is 0 Å². The number of aromatic nitrogens is 1. The van der Waals surface area contributed by atoms with E-state index in [1.54, 1.807) is 11.3 Å². The molecule has 1 aromatic rings. The molecule has 0 amide bonds. The molecule has 1 N–H and O–H groups in total. The summed E-state index contributed by atoms with van der Waals surface area (Å²) in [5.74, 6) is 0. The molecule has 1 fully saturated rings. The fourth-order valence-corrected chi connectivity index (χ4v) is 3.71. The van der Waals surface area contributed by atoms with Gasteiger partial charge in [-0.2, -0.15) is 0 Å². The lowest BCUT2D eigenvalue weighted by Gasteiger charge is -2.40. The smallest absolute Gasteiger partial charge is 0.185 e. The van der Waals surface area contributed by atoms with Crippen LogP contribution in [0.1, 0.15) is 45.2 Å². The van der Waals surface area contributed by atoms with Crippen molar-refractivity contribution < 1.29 is 0 Å². The van der Waals surface area contributed by atoms with Crippen molar-refractivity contribution in [2.24, 2.45) is 5.41 Å². The molecule has 0 aromatic carbocycles. The molecule has 0 spiro atoms. The number of hydrogen-bond acceptors (Lipinski definition) is 4. The molecule has 1 saturated heterocycles. The molecule has 1 aromatic heterocycles. The Hall–Kier alpha value is -0.610. The topological polar surface area (TPSA) is 28.2 Å². The largest absolute Gasteiger partial charge is 0.348 e. The summed E-state index contributed by atoms with van der Waals surface area (Å²) in [6.07, 6.45) is 5.28. The molecule has 0 atom stereocenters. The number of nitrogens with one attached hydrogen (secondary N) is 1. The summed E-state index contributed by atoms with van der Waals surface area (Å²) in [7, 11) is 1.97. The minimum absolute atomic E-state index is 0.599. The van der Waals surface area contributed by atoms with Crippen molar-refractivity contribution in [2.75, 3.05) is 25.0 Å². The highest BCUT2D eigenvalue weighted by molar-refractivity contribution is 7.13. The Kier molecular flexibility index (Phi) is 4.62. The van der Waals surface area contributed by atoms with Gasteiger partial charge in [-0.3, -0.25) is 0 Å². The Morgan fingerprint density at radius 3 is 2.56 bits per heavy atom. The van der Waals surface area contributed by atoms with Gasteiger partial charge in [0, 0.05) is 25.0 Å². The molecule has 1 aliphatic rings. The lowest BCUT2D eigenvalue weighted by Crippen LogP contribution is -2.39. The van der Waals surface area contributed by atoms with Crippen molar-refractivity contribution >= 4 is 16.5 Å². The summed E-state index contributed by atoms with van der Waals surface area (Å²) in [5.41, 5.74) is 1.77. The second kappa shape index (κ2) is 6.02. The Morgan fingerprint density at radius 2 is 2.00 bits per heavy atom. The number of anilines is 1. The molecule has 4 heteroatoms.